The lowest BCUT2D eigenvalue weighted by Gasteiger charge is -2.10. The van der Waals surface area contributed by atoms with Crippen molar-refractivity contribution in [2.24, 2.45) is 0 Å². The zero-order valence-electron chi connectivity index (χ0n) is 13.2. The first-order valence-corrected chi connectivity index (χ1v) is 8.55. The normalized spacial score (nSPS) is 12.5. The smallest absolute Gasteiger partial charge is 0.0580 e. The number of unbranched alkanes of at least 4 members (excludes halogenated alkanes) is 8. The van der Waals surface area contributed by atoms with Crippen molar-refractivity contribution in [1.82, 2.24) is 0 Å². The Morgan fingerprint density at radius 1 is 0.800 bits per heavy atom. The molecule has 0 fully saturated rings. The Morgan fingerprint density at radius 3 is 1.95 bits per heavy atom. The fourth-order valence-electron chi connectivity index (χ4n) is 2.68. The van der Waals surface area contributed by atoms with E-state index >= 15 is 0 Å². The van der Waals surface area contributed by atoms with Crippen LogP contribution in [0.4, 0.5) is 0 Å². The van der Waals surface area contributed by atoms with Crippen LogP contribution in [0.25, 0.3) is 0 Å². The first-order chi connectivity index (χ1) is 9.83. The van der Waals surface area contributed by atoms with Gasteiger partial charge in [0.25, 0.3) is 0 Å². The van der Waals surface area contributed by atoms with Crippen LogP contribution in [0, 0.1) is 0 Å². The largest absolute Gasteiger partial charge is 0.393 e. The standard InChI is InChI=1S/C19H32O/c1-2-3-4-5-6-7-8-9-13-16-19(20)17-18-14-11-10-12-15-18/h10-12,14-15,19-20H,2-9,13,16-17H2,1H3. The van der Waals surface area contributed by atoms with Gasteiger partial charge in [-0.3, -0.25) is 0 Å². The van der Waals surface area contributed by atoms with Crippen LogP contribution in [0.5, 0.6) is 0 Å². The lowest BCUT2D eigenvalue weighted by molar-refractivity contribution is 0.161. The third kappa shape index (κ3) is 9.14. The van der Waals surface area contributed by atoms with Crippen molar-refractivity contribution in [1.29, 1.82) is 0 Å². The predicted octanol–water partition coefficient (Wildman–Crippen LogP) is 5.51. The zero-order valence-corrected chi connectivity index (χ0v) is 13.2. The van der Waals surface area contributed by atoms with Crippen molar-refractivity contribution >= 4 is 0 Å². The molecule has 0 radical (unpaired) electrons. The highest BCUT2D eigenvalue weighted by molar-refractivity contribution is 5.15. The van der Waals surface area contributed by atoms with Gasteiger partial charge in [0.05, 0.1) is 6.10 Å². The lowest BCUT2D eigenvalue weighted by atomic mass is 10.0. The molecule has 0 aromatic heterocycles. The van der Waals surface area contributed by atoms with Gasteiger partial charge in [-0.25, -0.2) is 0 Å². The average molecular weight is 276 g/mol. The molecule has 0 aliphatic heterocycles. The maximum atomic E-state index is 10.0. The number of hydrogen-bond donors (Lipinski definition) is 1. The van der Waals surface area contributed by atoms with Crippen LogP contribution in [0.15, 0.2) is 30.3 Å². The summed E-state index contributed by atoms with van der Waals surface area (Å²) in [5, 5.41) is 10.0. The van der Waals surface area contributed by atoms with Crippen LogP contribution in [-0.4, -0.2) is 11.2 Å². The van der Waals surface area contributed by atoms with Gasteiger partial charge in [-0.15, -0.1) is 0 Å². The molecule has 1 heteroatoms. The molecule has 1 unspecified atom stereocenters. The molecule has 20 heavy (non-hydrogen) atoms. The zero-order chi connectivity index (χ0) is 14.5. The molecular weight excluding hydrogens is 244 g/mol. The van der Waals surface area contributed by atoms with E-state index in [0.29, 0.717) is 0 Å². The monoisotopic (exact) mass is 276 g/mol. The van der Waals surface area contributed by atoms with Gasteiger partial charge in [0.1, 0.15) is 0 Å². The molecule has 0 aliphatic carbocycles. The second-order valence-corrected chi connectivity index (χ2v) is 5.96. The minimum atomic E-state index is -0.165. The van der Waals surface area contributed by atoms with Gasteiger partial charge < -0.3 is 5.11 Å². The number of benzene rings is 1. The van der Waals surface area contributed by atoms with Crippen molar-refractivity contribution in [3.63, 3.8) is 0 Å². The summed E-state index contributed by atoms with van der Waals surface area (Å²) in [6, 6.07) is 10.3. The third-order valence-corrected chi connectivity index (χ3v) is 3.96. The predicted molar refractivity (Wildman–Crippen MR) is 88.0 cm³/mol. The quantitative estimate of drug-likeness (QED) is 0.499. The van der Waals surface area contributed by atoms with E-state index in [4.69, 9.17) is 0 Å². The minimum Gasteiger partial charge on any atom is -0.393 e. The summed E-state index contributed by atoms with van der Waals surface area (Å²) in [5.74, 6) is 0. The topological polar surface area (TPSA) is 20.2 Å². The van der Waals surface area contributed by atoms with Gasteiger partial charge in [-0.1, -0.05) is 95.0 Å². The molecule has 0 amide bonds. The summed E-state index contributed by atoms with van der Waals surface area (Å²) in [6.45, 7) is 2.26. The van der Waals surface area contributed by atoms with Crippen LogP contribution < -0.4 is 0 Å². The lowest BCUT2D eigenvalue weighted by Crippen LogP contribution is -2.10. The van der Waals surface area contributed by atoms with E-state index in [1.165, 1.54) is 63.4 Å². The summed E-state index contributed by atoms with van der Waals surface area (Å²) in [6.07, 6.45) is 13.7. The first kappa shape index (κ1) is 17.2. The Balaban J connectivity index is 1.91. The summed E-state index contributed by atoms with van der Waals surface area (Å²) in [7, 11) is 0. The molecule has 1 nitrogen and oxygen atoms in total. The Bertz CT molecular complexity index is 307. The summed E-state index contributed by atoms with van der Waals surface area (Å²) >= 11 is 0. The maximum Gasteiger partial charge on any atom is 0.0580 e. The Kier molecular flexibility index (Phi) is 10.3. The molecule has 1 N–H and O–H groups in total. The second-order valence-electron chi connectivity index (χ2n) is 5.96. The van der Waals surface area contributed by atoms with Gasteiger partial charge in [-0.05, 0) is 18.4 Å². The Hall–Kier alpha value is -0.820. The van der Waals surface area contributed by atoms with Crippen LogP contribution in [-0.2, 0) is 6.42 Å². The molecule has 1 aromatic rings. The molecule has 0 saturated carbocycles. The van der Waals surface area contributed by atoms with Crippen molar-refractivity contribution in [3.05, 3.63) is 35.9 Å². The van der Waals surface area contributed by atoms with E-state index in [2.05, 4.69) is 19.1 Å². The van der Waals surface area contributed by atoms with E-state index in [1.807, 2.05) is 18.2 Å². The third-order valence-electron chi connectivity index (χ3n) is 3.96. The molecule has 0 bridgehead atoms. The highest BCUT2D eigenvalue weighted by Crippen LogP contribution is 2.13. The van der Waals surface area contributed by atoms with Crippen molar-refractivity contribution in [3.8, 4) is 0 Å². The van der Waals surface area contributed by atoms with Gasteiger partial charge in [0, 0.05) is 0 Å². The van der Waals surface area contributed by atoms with Gasteiger partial charge in [-0.2, -0.15) is 0 Å². The van der Waals surface area contributed by atoms with E-state index < -0.39 is 0 Å². The van der Waals surface area contributed by atoms with Crippen molar-refractivity contribution in [2.75, 3.05) is 0 Å². The molecule has 0 spiro atoms. The molecule has 114 valence electrons. The van der Waals surface area contributed by atoms with Gasteiger partial charge in [0.2, 0.25) is 0 Å². The number of rotatable bonds is 12. The van der Waals surface area contributed by atoms with Gasteiger partial charge in [0.15, 0.2) is 0 Å². The summed E-state index contributed by atoms with van der Waals surface area (Å²) in [5.41, 5.74) is 1.25. The van der Waals surface area contributed by atoms with E-state index in [0.717, 1.165) is 12.8 Å². The number of hydrogen-bond acceptors (Lipinski definition) is 1. The molecule has 1 rings (SSSR count). The molecule has 0 aliphatic rings. The molecule has 0 saturated heterocycles. The fraction of sp³-hybridized carbons (Fsp3) is 0.684. The average Bonchev–Trinajstić information content (AvgIpc) is 2.46. The summed E-state index contributed by atoms with van der Waals surface area (Å²) in [4.78, 5) is 0. The molecule has 0 heterocycles. The molecule has 1 aromatic carbocycles. The van der Waals surface area contributed by atoms with Crippen LogP contribution >= 0.6 is 0 Å². The second kappa shape index (κ2) is 12.0. The van der Waals surface area contributed by atoms with Crippen LogP contribution in [0.3, 0.4) is 0 Å². The highest BCUT2D eigenvalue weighted by Gasteiger charge is 2.04. The maximum absolute atomic E-state index is 10.0. The van der Waals surface area contributed by atoms with Crippen LogP contribution in [0.2, 0.25) is 0 Å². The van der Waals surface area contributed by atoms with Crippen LogP contribution in [0.1, 0.15) is 76.7 Å². The van der Waals surface area contributed by atoms with Crippen molar-refractivity contribution < 1.29 is 5.11 Å². The Morgan fingerprint density at radius 2 is 1.35 bits per heavy atom. The van der Waals surface area contributed by atoms with E-state index in [1.54, 1.807) is 0 Å². The number of aliphatic hydroxyl groups is 1. The summed E-state index contributed by atoms with van der Waals surface area (Å²) < 4.78 is 0. The van der Waals surface area contributed by atoms with E-state index in [9.17, 15) is 5.11 Å². The van der Waals surface area contributed by atoms with E-state index in [-0.39, 0.29) is 6.10 Å². The first-order valence-electron chi connectivity index (χ1n) is 8.55. The molecule has 1 atom stereocenters. The SMILES string of the molecule is CCCCCCCCCCCC(O)Cc1ccccc1. The Labute approximate surface area is 125 Å². The molecular formula is C19H32O. The fourth-order valence-corrected chi connectivity index (χ4v) is 2.68. The van der Waals surface area contributed by atoms with Gasteiger partial charge >= 0.3 is 0 Å². The minimum absolute atomic E-state index is 0.165. The number of aliphatic hydroxyl groups excluding tert-OH is 1. The van der Waals surface area contributed by atoms with Crippen molar-refractivity contribution in [2.45, 2.75) is 83.7 Å². The highest BCUT2D eigenvalue weighted by atomic mass is 16.3.